The van der Waals surface area contributed by atoms with Crippen LogP contribution in [0, 0.1) is 5.82 Å². The molecule has 0 aliphatic heterocycles. The highest BCUT2D eigenvalue weighted by Crippen LogP contribution is 2.23. The maximum absolute atomic E-state index is 13.5. The Labute approximate surface area is 121 Å². The molecule has 0 saturated heterocycles. The minimum atomic E-state index is -1.35. The van der Waals surface area contributed by atoms with Gasteiger partial charge in [0, 0.05) is 6.54 Å². The van der Waals surface area contributed by atoms with Gasteiger partial charge >= 0.3 is 5.97 Å². The molecule has 2 rings (SSSR count). The SMILES string of the molecule is Nc1cc(C(=O)O)c(F)cc1NCCOc1ccccc1. The number of halogens is 1. The van der Waals surface area contributed by atoms with E-state index < -0.39 is 17.3 Å². The van der Waals surface area contributed by atoms with Gasteiger partial charge < -0.3 is 20.9 Å². The Bertz CT molecular complexity index is 632. The number of carbonyl (C=O) groups is 1. The number of ether oxygens (including phenoxy) is 1. The number of carboxylic acids is 1. The van der Waals surface area contributed by atoms with E-state index in [9.17, 15) is 9.18 Å². The van der Waals surface area contributed by atoms with E-state index in [-0.39, 0.29) is 5.69 Å². The summed E-state index contributed by atoms with van der Waals surface area (Å²) in [6.07, 6.45) is 0. The van der Waals surface area contributed by atoms with E-state index in [0.717, 1.165) is 17.9 Å². The lowest BCUT2D eigenvalue weighted by Gasteiger charge is -2.11. The Balaban J connectivity index is 1.92. The highest BCUT2D eigenvalue weighted by atomic mass is 19.1. The highest BCUT2D eigenvalue weighted by Gasteiger charge is 2.13. The van der Waals surface area contributed by atoms with E-state index in [2.05, 4.69) is 5.32 Å². The smallest absolute Gasteiger partial charge is 0.338 e. The van der Waals surface area contributed by atoms with Crippen LogP contribution in [-0.2, 0) is 0 Å². The summed E-state index contributed by atoms with van der Waals surface area (Å²) in [5.74, 6) is -1.44. The number of aromatic carboxylic acids is 1. The number of nitrogens with two attached hydrogens (primary N) is 1. The van der Waals surface area contributed by atoms with Crippen molar-refractivity contribution in [1.29, 1.82) is 0 Å². The van der Waals surface area contributed by atoms with E-state index in [0.29, 0.717) is 18.8 Å². The van der Waals surface area contributed by atoms with Gasteiger partial charge in [-0.05, 0) is 24.3 Å². The van der Waals surface area contributed by atoms with Crippen molar-refractivity contribution in [3.05, 3.63) is 53.8 Å². The standard InChI is InChI=1S/C15H15FN2O3/c16-12-9-14(13(17)8-11(12)15(19)20)18-6-7-21-10-4-2-1-3-5-10/h1-5,8-9,18H,6-7,17H2,(H,19,20). The number of nitrogen functional groups attached to an aromatic ring is 1. The Kier molecular flexibility index (Phi) is 4.61. The molecule has 0 spiro atoms. The fraction of sp³-hybridized carbons (Fsp3) is 0.133. The second kappa shape index (κ2) is 6.60. The summed E-state index contributed by atoms with van der Waals surface area (Å²) in [6, 6.07) is 11.4. The van der Waals surface area contributed by atoms with Gasteiger partial charge in [-0.25, -0.2) is 9.18 Å². The molecule has 0 aliphatic carbocycles. The quantitative estimate of drug-likeness (QED) is 0.562. The first-order chi connectivity index (χ1) is 10.1. The summed E-state index contributed by atoms with van der Waals surface area (Å²) in [7, 11) is 0. The molecule has 4 N–H and O–H groups in total. The van der Waals surface area contributed by atoms with Gasteiger partial charge in [-0.2, -0.15) is 0 Å². The van der Waals surface area contributed by atoms with Crippen LogP contribution in [0.3, 0.4) is 0 Å². The molecule has 0 amide bonds. The number of hydrogen-bond donors (Lipinski definition) is 3. The van der Waals surface area contributed by atoms with Crippen LogP contribution in [0.5, 0.6) is 5.75 Å². The van der Waals surface area contributed by atoms with Crippen molar-refractivity contribution in [2.24, 2.45) is 0 Å². The van der Waals surface area contributed by atoms with Crippen LogP contribution >= 0.6 is 0 Å². The van der Waals surface area contributed by atoms with Crippen molar-refractivity contribution in [1.82, 2.24) is 0 Å². The van der Waals surface area contributed by atoms with Crippen LogP contribution in [0.2, 0.25) is 0 Å². The fourth-order valence-electron chi connectivity index (χ4n) is 1.78. The van der Waals surface area contributed by atoms with E-state index >= 15 is 0 Å². The van der Waals surface area contributed by atoms with Gasteiger partial charge in [-0.1, -0.05) is 18.2 Å². The van der Waals surface area contributed by atoms with Crippen LogP contribution in [0.25, 0.3) is 0 Å². The van der Waals surface area contributed by atoms with E-state index in [1.54, 1.807) is 0 Å². The Morgan fingerprint density at radius 2 is 2.00 bits per heavy atom. The lowest BCUT2D eigenvalue weighted by atomic mass is 10.1. The van der Waals surface area contributed by atoms with Crippen molar-refractivity contribution in [2.75, 3.05) is 24.2 Å². The molecular weight excluding hydrogens is 275 g/mol. The van der Waals surface area contributed by atoms with Crippen molar-refractivity contribution in [2.45, 2.75) is 0 Å². The largest absolute Gasteiger partial charge is 0.492 e. The van der Waals surface area contributed by atoms with Crippen molar-refractivity contribution < 1.29 is 19.0 Å². The lowest BCUT2D eigenvalue weighted by molar-refractivity contribution is 0.0692. The van der Waals surface area contributed by atoms with E-state index in [1.165, 1.54) is 0 Å². The molecule has 5 nitrogen and oxygen atoms in total. The van der Waals surface area contributed by atoms with Crippen LogP contribution in [0.4, 0.5) is 15.8 Å². The number of carboxylic acid groups (broad SMARTS) is 1. The molecule has 0 bridgehead atoms. The Morgan fingerprint density at radius 3 is 2.67 bits per heavy atom. The zero-order valence-corrected chi connectivity index (χ0v) is 11.2. The molecule has 0 atom stereocenters. The molecule has 110 valence electrons. The second-order valence-corrected chi connectivity index (χ2v) is 4.31. The average molecular weight is 290 g/mol. The summed E-state index contributed by atoms with van der Waals surface area (Å²) in [4.78, 5) is 10.8. The molecular formula is C15H15FN2O3. The number of para-hydroxylation sites is 1. The van der Waals surface area contributed by atoms with Crippen molar-refractivity contribution in [3.8, 4) is 5.75 Å². The molecule has 0 unspecified atom stereocenters. The highest BCUT2D eigenvalue weighted by molar-refractivity contribution is 5.90. The molecule has 0 heterocycles. The number of rotatable bonds is 6. The lowest BCUT2D eigenvalue weighted by Crippen LogP contribution is -2.13. The molecule has 0 saturated carbocycles. The predicted octanol–water partition coefficient (Wildman–Crippen LogP) is 2.60. The van der Waals surface area contributed by atoms with Gasteiger partial charge in [0.25, 0.3) is 0 Å². The topological polar surface area (TPSA) is 84.6 Å². The molecule has 6 heteroatoms. The monoisotopic (exact) mass is 290 g/mol. The molecule has 0 aromatic heterocycles. The first-order valence-electron chi connectivity index (χ1n) is 6.32. The van der Waals surface area contributed by atoms with Gasteiger partial charge in [0.15, 0.2) is 0 Å². The van der Waals surface area contributed by atoms with E-state index in [4.69, 9.17) is 15.6 Å². The Morgan fingerprint density at radius 1 is 1.29 bits per heavy atom. The average Bonchev–Trinajstić information content (AvgIpc) is 2.47. The maximum Gasteiger partial charge on any atom is 0.338 e. The molecule has 2 aromatic carbocycles. The van der Waals surface area contributed by atoms with Crippen molar-refractivity contribution in [3.63, 3.8) is 0 Å². The number of anilines is 2. The Hall–Kier alpha value is -2.76. The van der Waals surface area contributed by atoms with Gasteiger partial charge in [-0.15, -0.1) is 0 Å². The van der Waals surface area contributed by atoms with Crippen molar-refractivity contribution >= 4 is 17.3 Å². The molecule has 0 aliphatic rings. The van der Waals surface area contributed by atoms with Crippen LogP contribution in [0.1, 0.15) is 10.4 Å². The number of benzene rings is 2. The molecule has 2 aromatic rings. The van der Waals surface area contributed by atoms with Crippen LogP contribution in [0.15, 0.2) is 42.5 Å². The van der Waals surface area contributed by atoms with Gasteiger partial charge in [0.2, 0.25) is 0 Å². The third-order valence-electron chi connectivity index (χ3n) is 2.80. The predicted molar refractivity (Wildman–Crippen MR) is 78.2 cm³/mol. The fourth-order valence-corrected chi connectivity index (χ4v) is 1.78. The molecule has 0 fully saturated rings. The zero-order valence-electron chi connectivity index (χ0n) is 11.2. The summed E-state index contributed by atoms with van der Waals surface area (Å²) < 4.78 is 19.0. The van der Waals surface area contributed by atoms with Crippen LogP contribution in [-0.4, -0.2) is 24.2 Å². The minimum absolute atomic E-state index is 0.175. The normalized spacial score (nSPS) is 10.1. The number of hydrogen-bond acceptors (Lipinski definition) is 4. The first-order valence-corrected chi connectivity index (χ1v) is 6.32. The summed E-state index contributed by atoms with van der Waals surface area (Å²) in [5, 5.41) is 11.7. The molecule has 21 heavy (non-hydrogen) atoms. The summed E-state index contributed by atoms with van der Waals surface area (Å²) in [6.45, 7) is 0.775. The third kappa shape index (κ3) is 3.85. The summed E-state index contributed by atoms with van der Waals surface area (Å²) in [5.41, 5.74) is 5.76. The van der Waals surface area contributed by atoms with E-state index in [1.807, 2.05) is 30.3 Å². The minimum Gasteiger partial charge on any atom is -0.492 e. The zero-order chi connectivity index (χ0) is 15.2. The van der Waals surface area contributed by atoms with Crippen LogP contribution < -0.4 is 15.8 Å². The van der Waals surface area contributed by atoms with Gasteiger partial charge in [-0.3, -0.25) is 0 Å². The second-order valence-electron chi connectivity index (χ2n) is 4.31. The maximum atomic E-state index is 13.5. The summed E-state index contributed by atoms with van der Waals surface area (Å²) >= 11 is 0. The first kappa shape index (κ1) is 14.6. The van der Waals surface area contributed by atoms with Gasteiger partial charge in [0.05, 0.1) is 16.9 Å². The molecule has 0 radical (unpaired) electrons. The number of nitrogens with one attached hydrogen (secondary N) is 1. The van der Waals surface area contributed by atoms with Gasteiger partial charge in [0.1, 0.15) is 18.2 Å². The third-order valence-corrected chi connectivity index (χ3v) is 2.80.